The Bertz CT molecular complexity index is 551. The number of nitrogens with one attached hydrogen (secondary N) is 1. The Hall–Kier alpha value is -1.28. The van der Waals surface area contributed by atoms with Crippen molar-refractivity contribution in [2.24, 2.45) is 0 Å². The van der Waals surface area contributed by atoms with Crippen LogP contribution in [-0.4, -0.2) is 4.98 Å². The summed E-state index contributed by atoms with van der Waals surface area (Å²) in [5.74, 6) is -0.337. The van der Waals surface area contributed by atoms with Crippen molar-refractivity contribution < 1.29 is 4.39 Å². The molecule has 1 aromatic heterocycles. The van der Waals surface area contributed by atoms with Crippen LogP contribution in [0.4, 0.5) is 4.39 Å². The van der Waals surface area contributed by atoms with Crippen LogP contribution in [-0.2, 0) is 6.42 Å². The van der Waals surface area contributed by atoms with Gasteiger partial charge < -0.3 is 4.98 Å². The van der Waals surface area contributed by atoms with Gasteiger partial charge in [-0.3, -0.25) is 0 Å². The van der Waals surface area contributed by atoms with Gasteiger partial charge in [0.15, 0.2) is 0 Å². The van der Waals surface area contributed by atoms with Gasteiger partial charge in [-0.25, -0.2) is 4.39 Å². The predicted molar refractivity (Wildman–Crippen MR) is 66.1 cm³/mol. The molecule has 0 aliphatic heterocycles. The highest BCUT2D eigenvalue weighted by Crippen LogP contribution is 2.17. The number of aromatic amines is 1. The molecule has 0 radical (unpaired) electrons. The molecule has 84 valence electrons. The molecule has 1 N–H and O–H groups in total. The molecule has 1 heterocycles. The Morgan fingerprint density at radius 1 is 1.56 bits per heavy atom. The lowest BCUT2D eigenvalue weighted by Gasteiger charge is -1.93. The highest BCUT2D eigenvalue weighted by Gasteiger charge is 2.07. The highest BCUT2D eigenvalue weighted by molar-refractivity contribution is 6.30. The summed E-state index contributed by atoms with van der Waals surface area (Å²) in [4.78, 5) is 3.14. The third-order valence-electron chi connectivity index (χ3n) is 2.67. The van der Waals surface area contributed by atoms with Gasteiger partial charge in [0.05, 0.1) is 5.03 Å². The molecule has 0 saturated heterocycles. The number of rotatable bonds is 3. The molecule has 0 spiro atoms. The lowest BCUT2D eigenvalue weighted by atomic mass is 10.1. The van der Waals surface area contributed by atoms with Gasteiger partial charge in [-0.15, -0.1) is 6.58 Å². The molecule has 0 atom stereocenters. The Balaban J connectivity index is 2.51. The van der Waals surface area contributed by atoms with Crippen LogP contribution in [0.5, 0.6) is 0 Å². The second kappa shape index (κ2) is 4.71. The van der Waals surface area contributed by atoms with Gasteiger partial charge in [-0.1, -0.05) is 23.8 Å². The monoisotopic (exact) mass is 237 g/mol. The molecule has 0 unspecified atom stereocenters. The molecular weight excluding hydrogens is 225 g/mol. The summed E-state index contributed by atoms with van der Waals surface area (Å²) in [5.41, 5.74) is 1.10. The molecule has 0 amide bonds. The van der Waals surface area contributed by atoms with E-state index in [-0.39, 0.29) is 10.9 Å². The van der Waals surface area contributed by atoms with Crippen molar-refractivity contribution in [2.75, 3.05) is 0 Å². The average molecular weight is 238 g/mol. The molecule has 3 heteroatoms. The summed E-state index contributed by atoms with van der Waals surface area (Å²) in [6.45, 7) is 3.68. The maximum atomic E-state index is 13.5. The fourth-order valence-corrected chi connectivity index (χ4v) is 1.92. The van der Waals surface area contributed by atoms with Crippen molar-refractivity contribution in [3.63, 3.8) is 0 Å². The maximum Gasteiger partial charge on any atom is 0.138 e. The number of aryl methyl sites for hydroxylation is 1. The molecule has 1 aliphatic carbocycles. The van der Waals surface area contributed by atoms with E-state index < -0.39 is 0 Å². The second-order valence-corrected chi connectivity index (χ2v) is 4.23. The first-order valence-corrected chi connectivity index (χ1v) is 5.63. The first-order valence-electron chi connectivity index (χ1n) is 5.25. The van der Waals surface area contributed by atoms with Crippen LogP contribution in [0, 0.1) is 0 Å². The van der Waals surface area contributed by atoms with Gasteiger partial charge in [0.25, 0.3) is 0 Å². The standard InChI is InChI=1S/C13H13ClFN/c1-2-3-4-9-8-16-13-6-5-11(14)12(15)7-10(9)13/h2,6-8,16H,1,3-5H2. The Kier molecular flexibility index (Phi) is 3.30. The number of hydrogen-bond acceptors (Lipinski definition) is 0. The zero-order valence-corrected chi connectivity index (χ0v) is 9.65. The molecule has 0 fully saturated rings. The summed E-state index contributed by atoms with van der Waals surface area (Å²) in [6.07, 6.45) is 9.40. The largest absolute Gasteiger partial charge is 0.361 e. The number of aromatic nitrogens is 1. The minimum Gasteiger partial charge on any atom is -0.361 e. The van der Waals surface area contributed by atoms with Crippen molar-refractivity contribution in [2.45, 2.75) is 19.3 Å². The number of halogens is 2. The van der Waals surface area contributed by atoms with Gasteiger partial charge in [0.2, 0.25) is 0 Å². The van der Waals surface area contributed by atoms with Crippen LogP contribution >= 0.6 is 11.6 Å². The van der Waals surface area contributed by atoms with Crippen LogP contribution in [0.25, 0.3) is 12.2 Å². The van der Waals surface area contributed by atoms with Gasteiger partial charge in [0.1, 0.15) is 5.83 Å². The van der Waals surface area contributed by atoms with Gasteiger partial charge in [-0.05, 0) is 24.5 Å². The van der Waals surface area contributed by atoms with Crippen LogP contribution in [0.1, 0.15) is 18.4 Å². The normalized spacial score (nSPS) is 14.9. The van der Waals surface area contributed by atoms with E-state index in [1.54, 1.807) is 0 Å². The van der Waals surface area contributed by atoms with E-state index in [0.717, 1.165) is 29.0 Å². The third-order valence-corrected chi connectivity index (χ3v) is 3.01. The molecule has 1 nitrogen and oxygen atoms in total. The number of fused-ring (bicyclic) bond motifs is 1. The van der Waals surface area contributed by atoms with Gasteiger partial charge >= 0.3 is 0 Å². The molecule has 2 rings (SSSR count). The molecule has 0 bridgehead atoms. The van der Waals surface area contributed by atoms with Gasteiger partial charge in [0, 0.05) is 23.2 Å². The lowest BCUT2D eigenvalue weighted by Crippen LogP contribution is -2.24. The lowest BCUT2D eigenvalue weighted by molar-refractivity contribution is 0.673. The zero-order valence-electron chi connectivity index (χ0n) is 8.89. The fraction of sp³-hybridized carbons (Fsp3) is 0.231. The van der Waals surface area contributed by atoms with E-state index in [0.29, 0.717) is 6.42 Å². The number of hydrogen-bond donors (Lipinski definition) is 1. The number of H-pyrrole nitrogens is 1. The van der Waals surface area contributed by atoms with E-state index in [9.17, 15) is 4.39 Å². The molecule has 0 aromatic carbocycles. The van der Waals surface area contributed by atoms with Crippen molar-refractivity contribution in [3.8, 4) is 0 Å². The predicted octanol–water partition coefficient (Wildman–Crippen LogP) is 2.52. The Morgan fingerprint density at radius 3 is 3.12 bits per heavy atom. The average Bonchev–Trinajstić information content (AvgIpc) is 2.59. The summed E-state index contributed by atoms with van der Waals surface area (Å²) < 4.78 is 13.5. The highest BCUT2D eigenvalue weighted by atomic mass is 35.5. The van der Waals surface area contributed by atoms with Crippen LogP contribution in [0.2, 0.25) is 0 Å². The Morgan fingerprint density at radius 2 is 2.38 bits per heavy atom. The van der Waals surface area contributed by atoms with Crippen LogP contribution in [0.15, 0.2) is 29.7 Å². The van der Waals surface area contributed by atoms with E-state index in [2.05, 4.69) is 11.6 Å². The summed E-state index contributed by atoms with van der Waals surface area (Å²) in [6, 6.07) is 0. The summed E-state index contributed by atoms with van der Waals surface area (Å²) in [7, 11) is 0. The van der Waals surface area contributed by atoms with Crippen LogP contribution in [0.3, 0.4) is 0 Å². The van der Waals surface area contributed by atoms with Crippen molar-refractivity contribution in [1.29, 1.82) is 0 Å². The fourth-order valence-electron chi connectivity index (χ4n) is 1.79. The smallest absolute Gasteiger partial charge is 0.138 e. The van der Waals surface area contributed by atoms with E-state index in [1.807, 2.05) is 18.3 Å². The van der Waals surface area contributed by atoms with E-state index in [1.165, 1.54) is 6.08 Å². The summed E-state index contributed by atoms with van der Waals surface area (Å²) in [5, 5.41) is 2.12. The van der Waals surface area contributed by atoms with E-state index >= 15 is 0 Å². The molecule has 16 heavy (non-hydrogen) atoms. The summed E-state index contributed by atoms with van der Waals surface area (Å²) >= 11 is 5.79. The van der Waals surface area contributed by atoms with E-state index in [4.69, 9.17) is 11.6 Å². The topological polar surface area (TPSA) is 15.8 Å². The quantitative estimate of drug-likeness (QED) is 0.778. The first kappa shape index (κ1) is 11.2. The van der Waals surface area contributed by atoms with Crippen LogP contribution < -0.4 is 10.6 Å². The molecule has 0 saturated carbocycles. The van der Waals surface area contributed by atoms with Crippen molar-refractivity contribution in [1.82, 2.24) is 4.98 Å². The van der Waals surface area contributed by atoms with Crippen molar-refractivity contribution >= 4 is 23.8 Å². The Labute approximate surface area is 98.6 Å². The van der Waals surface area contributed by atoms with Gasteiger partial charge in [-0.2, -0.15) is 0 Å². The molecule has 1 aliphatic rings. The molecule has 1 aromatic rings. The second-order valence-electron chi connectivity index (χ2n) is 3.77. The molecular formula is C13H13ClFN. The third kappa shape index (κ3) is 2.12. The minimum absolute atomic E-state index is 0.263. The number of allylic oxidation sites excluding steroid dienone is 3. The maximum absolute atomic E-state index is 13.5. The van der Waals surface area contributed by atoms with Crippen molar-refractivity contribution in [3.05, 3.63) is 45.8 Å². The zero-order chi connectivity index (χ0) is 11.5. The minimum atomic E-state index is -0.337. The SMILES string of the molecule is C=CCCc1c[nH]c2c1=CC(F)=C(Cl)CC=2. The first-order chi connectivity index (χ1) is 7.72.